The number of fused-ring (bicyclic) bond motifs is 1. The highest BCUT2D eigenvalue weighted by molar-refractivity contribution is 5.95. The first-order chi connectivity index (χ1) is 9.19. The highest BCUT2D eigenvalue weighted by Crippen LogP contribution is 2.31. The Bertz CT molecular complexity index is 584. The molecular weight excluding hydrogens is 243 g/mol. The first kappa shape index (κ1) is 13.6. The van der Waals surface area contributed by atoms with Gasteiger partial charge >= 0.3 is 0 Å². The number of rotatable bonds is 5. The van der Waals surface area contributed by atoms with E-state index in [1.807, 2.05) is 13.0 Å². The molecule has 0 bridgehead atoms. The van der Waals surface area contributed by atoms with Crippen molar-refractivity contribution in [2.75, 3.05) is 19.0 Å². The molecule has 1 heterocycles. The molecule has 0 aliphatic heterocycles. The molecule has 2 rings (SSSR count). The van der Waals surface area contributed by atoms with Crippen LogP contribution in [0.15, 0.2) is 18.2 Å². The van der Waals surface area contributed by atoms with Crippen molar-refractivity contribution in [2.24, 2.45) is 0 Å². The van der Waals surface area contributed by atoms with Crippen LogP contribution in [-0.2, 0) is 6.42 Å². The summed E-state index contributed by atoms with van der Waals surface area (Å²) < 4.78 is 18.9. The lowest BCUT2D eigenvalue weighted by Gasteiger charge is -2.13. The van der Waals surface area contributed by atoms with Crippen LogP contribution in [0.25, 0.3) is 10.9 Å². The molecule has 0 aliphatic rings. The average Bonchev–Trinajstić information content (AvgIpc) is 2.43. The van der Waals surface area contributed by atoms with Gasteiger partial charge in [0.25, 0.3) is 0 Å². The largest absolute Gasteiger partial charge is 0.494 e. The molecule has 2 aromatic rings. The van der Waals surface area contributed by atoms with E-state index in [1.54, 1.807) is 0 Å². The predicted molar refractivity (Wildman–Crippen MR) is 76.4 cm³/mol. The van der Waals surface area contributed by atoms with E-state index in [9.17, 15) is 4.39 Å². The first-order valence-electron chi connectivity index (χ1n) is 6.60. The third kappa shape index (κ3) is 2.78. The molecule has 0 saturated heterocycles. The van der Waals surface area contributed by atoms with Gasteiger partial charge in [-0.3, -0.25) is 0 Å². The molecule has 0 unspecified atom stereocenters. The normalized spacial score (nSPS) is 10.7. The molecule has 0 saturated carbocycles. The van der Waals surface area contributed by atoms with E-state index in [0.29, 0.717) is 11.3 Å². The van der Waals surface area contributed by atoms with Crippen LogP contribution in [-0.4, -0.2) is 18.6 Å². The van der Waals surface area contributed by atoms with Gasteiger partial charge in [-0.15, -0.1) is 0 Å². The number of ether oxygens (including phenoxy) is 1. The van der Waals surface area contributed by atoms with E-state index in [2.05, 4.69) is 17.2 Å². The van der Waals surface area contributed by atoms with E-state index in [-0.39, 0.29) is 5.82 Å². The van der Waals surface area contributed by atoms with Crippen molar-refractivity contribution in [3.8, 4) is 5.75 Å². The monoisotopic (exact) mass is 262 g/mol. The maximum Gasteiger partial charge on any atom is 0.148 e. The summed E-state index contributed by atoms with van der Waals surface area (Å²) in [6.45, 7) is 4.99. The van der Waals surface area contributed by atoms with Crippen molar-refractivity contribution < 1.29 is 9.13 Å². The number of anilines is 1. The Kier molecular flexibility index (Phi) is 4.20. The molecular formula is C15H19FN2O. The zero-order valence-electron chi connectivity index (χ0n) is 11.6. The Balaban J connectivity index is 2.66. The van der Waals surface area contributed by atoms with Crippen LogP contribution in [0.4, 0.5) is 10.1 Å². The van der Waals surface area contributed by atoms with Crippen LogP contribution in [0.1, 0.15) is 26.0 Å². The van der Waals surface area contributed by atoms with Gasteiger partial charge in [-0.1, -0.05) is 13.8 Å². The summed E-state index contributed by atoms with van der Waals surface area (Å²) in [7, 11) is 1.54. The number of halogens is 1. The molecule has 1 aromatic heterocycles. The molecule has 19 heavy (non-hydrogen) atoms. The molecule has 0 aliphatic carbocycles. The number of methoxy groups -OCH3 is 1. The van der Waals surface area contributed by atoms with E-state index >= 15 is 0 Å². The van der Waals surface area contributed by atoms with E-state index in [0.717, 1.165) is 36.2 Å². The lowest BCUT2D eigenvalue weighted by atomic mass is 10.1. The zero-order valence-corrected chi connectivity index (χ0v) is 11.6. The van der Waals surface area contributed by atoms with Gasteiger partial charge in [0, 0.05) is 29.4 Å². The minimum atomic E-state index is -0.310. The van der Waals surface area contributed by atoms with E-state index in [1.165, 1.54) is 19.2 Å². The van der Waals surface area contributed by atoms with Gasteiger partial charge in [0.2, 0.25) is 0 Å². The number of pyridine rings is 1. The highest BCUT2D eigenvalue weighted by Gasteiger charge is 2.11. The quantitative estimate of drug-likeness (QED) is 0.890. The lowest BCUT2D eigenvalue weighted by molar-refractivity contribution is 0.415. The Morgan fingerprint density at radius 1 is 1.26 bits per heavy atom. The molecule has 0 fully saturated rings. The third-order valence-electron chi connectivity index (χ3n) is 3.04. The number of aryl methyl sites for hydroxylation is 1. The van der Waals surface area contributed by atoms with Crippen molar-refractivity contribution in [3.63, 3.8) is 0 Å². The summed E-state index contributed by atoms with van der Waals surface area (Å²) in [6.07, 6.45) is 1.84. The van der Waals surface area contributed by atoms with Gasteiger partial charge in [0.1, 0.15) is 17.1 Å². The molecule has 0 amide bonds. The maximum absolute atomic E-state index is 13.6. The third-order valence-corrected chi connectivity index (χ3v) is 3.04. The molecule has 3 nitrogen and oxygen atoms in total. The second-order valence-electron chi connectivity index (χ2n) is 4.45. The topological polar surface area (TPSA) is 34.2 Å². The molecule has 0 spiro atoms. The summed E-state index contributed by atoms with van der Waals surface area (Å²) in [5.41, 5.74) is 2.60. The summed E-state index contributed by atoms with van der Waals surface area (Å²) in [4.78, 5) is 4.54. The minimum Gasteiger partial charge on any atom is -0.494 e. The van der Waals surface area contributed by atoms with Gasteiger partial charge in [-0.05, 0) is 25.0 Å². The van der Waals surface area contributed by atoms with Crippen LogP contribution in [0, 0.1) is 5.82 Å². The Morgan fingerprint density at radius 2 is 2.05 bits per heavy atom. The molecule has 0 radical (unpaired) electrons. The standard InChI is InChI=1S/C15H19FN2O/c1-4-6-17-13-9-11(5-2)18-15-12(13)7-10(16)8-14(15)19-3/h7-9H,4-6H2,1-3H3,(H,17,18). The van der Waals surface area contributed by atoms with Crippen molar-refractivity contribution >= 4 is 16.6 Å². The summed E-state index contributed by atoms with van der Waals surface area (Å²) >= 11 is 0. The smallest absolute Gasteiger partial charge is 0.148 e. The lowest BCUT2D eigenvalue weighted by Crippen LogP contribution is -2.03. The van der Waals surface area contributed by atoms with Crippen molar-refractivity contribution in [3.05, 3.63) is 29.7 Å². The van der Waals surface area contributed by atoms with Crippen molar-refractivity contribution in [1.82, 2.24) is 4.98 Å². The Morgan fingerprint density at radius 3 is 2.68 bits per heavy atom. The maximum atomic E-state index is 13.6. The molecule has 0 atom stereocenters. The number of hydrogen-bond donors (Lipinski definition) is 1. The van der Waals surface area contributed by atoms with Crippen LogP contribution < -0.4 is 10.1 Å². The van der Waals surface area contributed by atoms with Gasteiger partial charge in [0.05, 0.1) is 7.11 Å². The van der Waals surface area contributed by atoms with E-state index < -0.39 is 0 Å². The Hall–Kier alpha value is -1.84. The van der Waals surface area contributed by atoms with Gasteiger partial charge in [0.15, 0.2) is 0 Å². The fourth-order valence-electron chi connectivity index (χ4n) is 2.06. The number of benzene rings is 1. The van der Waals surface area contributed by atoms with Crippen LogP contribution in [0.2, 0.25) is 0 Å². The average molecular weight is 262 g/mol. The van der Waals surface area contributed by atoms with Crippen molar-refractivity contribution in [2.45, 2.75) is 26.7 Å². The number of nitrogens with zero attached hydrogens (tertiary/aromatic N) is 1. The number of aromatic nitrogens is 1. The highest BCUT2D eigenvalue weighted by atomic mass is 19.1. The molecule has 1 aromatic carbocycles. The second-order valence-corrected chi connectivity index (χ2v) is 4.45. The molecule has 1 N–H and O–H groups in total. The summed E-state index contributed by atoms with van der Waals surface area (Å²) in [5, 5.41) is 4.09. The fraction of sp³-hybridized carbons (Fsp3) is 0.400. The number of hydrogen-bond acceptors (Lipinski definition) is 3. The van der Waals surface area contributed by atoms with E-state index in [4.69, 9.17) is 4.74 Å². The Labute approximate surface area is 112 Å². The fourth-order valence-corrected chi connectivity index (χ4v) is 2.06. The molecule has 102 valence electrons. The predicted octanol–water partition coefficient (Wildman–Crippen LogP) is 3.77. The van der Waals surface area contributed by atoms with Gasteiger partial charge in [-0.25, -0.2) is 9.37 Å². The summed E-state index contributed by atoms with van der Waals surface area (Å²) in [5.74, 6) is 0.166. The van der Waals surface area contributed by atoms with Crippen LogP contribution >= 0.6 is 0 Å². The van der Waals surface area contributed by atoms with Gasteiger partial charge < -0.3 is 10.1 Å². The molecule has 4 heteroatoms. The van der Waals surface area contributed by atoms with Crippen LogP contribution in [0.3, 0.4) is 0 Å². The van der Waals surface area contributed by atoms with Crippen molar-refractivity contribution in [1.29, 1.82) is 0 Å². The second kappa shape index (κ2) is 5.87. The number of nitrogens with one attached hydrogen (secondary N) is 1. The van der Waals surface area contributed by atoms with Crippen LogP contribution in [0.5, 0.6) is 5.75 Å². The summed E-state index contributed by atoms with van der Waals surface area (Å²) in [6, 6.07) is 4.86. The zero-order chi connectivity index (χ0) is 13.8. The SMILES string of the molecule is CCCNc1cc(CC)nc2c(OC)cc(F)cc12. The minimum absolute atomic E-state index is 0.310. The van der Waals surface area contributed by atoms with Gasteiger partial charge in [-0.2, -0.15) is 0 Å². The first-order valence-corrected chi connectivity index (χ1v) is 6.60.